The molecule has 0 aliphatic rings. The van der Waals surface area contributed by atoms with Gasteiger partial charge in [0.05, 0.1) is 6.07 Å². The first kappa shape index (κ1) is 10.7. The van der Waals surface area contributed by atoms with E-state index >= 15 is 0 Å². The largest absolute Gasteiger partial charge is 0.233 e. The van der Waals surface area contributed by atoms with Crippen LogP contribution in [0.5, 0.6) is 0 Å². The average molecular weight is 192 g/mol. The van der Waals surface area contributed by atoms with Crippen molar-refractivity contribution in [3.63, 3.8) is 0 Å². The summed E-state index contributed by atoms with van der Waals surface area (Å²) in [5.41, 5.74) is 0. The van der Waals surface area contributed by atoms with Crippen molar-refractivity contribution in [1.29, 1.82) is 5.26 Å². The molecule has 1 atom stereocenters. The first-order valence-corrected chi connectivity index (χ1v) is 5.10. The van der Waals surface area contributed by atoms with Gasteiger partial charge in [-0.2, -0.15) is 10.4 Å². The molecule has 4 heteroatoms. The molecule has 1 heterocycles. The normalized spacial score (nSPS) is 12.4. The van der Waals surface area contributed by atoms with Crippen LogP contribution in [-0.2, 0) is 12.8 Å². The Hall–Kier alpha value is -1.37. The van der Waals surface area contributed by atoms with Crippen LogP contribution >= 0.6 is 0 Å². The summed E-state index contributed by atoms with van der Waals surface area (Å²) in [5, 5.41) is 13.3. The van der Waals surface area contributed by atoms with E-state index in [1.165, 1.54) is 0 Å². The van der Waals surface area contributed by atoms with Crippen LogP contribution in [0.25, 0.3) is 0 Å². The lowest BCUT2D eigenvalue weighted by molar-refractivity contribution is 0.508. The van der Waals surface area contributed by atoms with E-state index in [1.54, 1.807) is 4.68 Å². The number of nitrogens with zero attached hydrogens (tertiary/aromatic N) is 4. The van der Waals surface area contributed by atoms with Crippen molar-refractivity contribution in [2.75, 3.05) is 0 Å². The lowest BCUT2D eigenvalue weighted by Gasteiger charge is -2.07. The number of aromatic nitrogens is 3. The predicted molar refractivity (Wildman–Crippen MR) is 53.7 cm³/mol. The summed E-state index contributed by atoms with van der Waals surface area (Å²) >= 11 is 0. The van der Waals surface area contributed by atoms with Crippen molar-refractivity contribution in [3.05, 3.63) is 11.6 Å². The molecular weight excluding hydrogens is 176 g/mol. The van der Waals surface area contributed by atoms with Crippen molar-refractivity contribution < 1.29 is 0 Å². The topological polar surface area (TPSA) is 54.5 Å². The molecule has 0 fully saturated rings. The molecule has 14 heavy (non-hydrogen) atoms. The highest BCUT2D eigenvalue weighted by atomic mass is 15.4. The van der Waals surface area contributed by atoms with Gasteiger partial charge < -0.3 is 0 Å². The Bertz CT molecular complexity index is 334. The summed E-state index contributed by atoms with van der Waals surface area (Å²) in [6.45, 7) is 6.04. The fourth-order valence-corrected chi connectivity index (χ4v) is 1.36. The van der Waals surface area contributed by atoms with Gasteiger partial charge >= 0.3 is 0 Å². The second kappa shape index (κ2) is 4.75. The van der Waals surface area contributed by atoms with Crippen molar-refractivity contribution in [2.24, 2.45) is 0 Å². The van der Waals surface area contributed by atoms with E-state index in [0.717, 1.165) is 30.9 Å². The summed E-state index contributed by atoms with van der Waals surface area (Å²) in [5.74, 6) is 1.74. The third kappa shape index (κ3) is 1.92. The smallest absolute Gasteiger partial charge is 0.150 e. The van der Waals surface area contributed by atoms with Crippen LogP contribution in [0.4, 0.5) is 0 Å². The zero-order valence-corrected chi connectivity index (χ0v) is 8.99. The van der Waals surface area contributed by atoms with Crippen LogP contribution < -0.4 is 0 Å². The highest BCUT2D eigenvalue weighted by Crippen LogP contribution is 2.12. The molecule has 0 saturated carbocycles. The number of hydrogen-bond acceptors (Lipinski definition) is 3. The van der Waals surface area contributed by atoms with Gasteiger partial charge in [0.15, 0.2) is 5.82 Å². The highest BCUT2D eigenvalue weighted by molar-refractivity contribution is 4.99. The Balaban J connectivity index is 3.05. The summed E-state index contributed by atoms with van der Waals surface area (Å²) in [6.07, 6.45) is 2.42. The lowest BCUT2D eigenvalue weighted by atomic mass is 10.2. The van der Waals surface area contributed by atoms with Gasteiger partial charge in [-0.25, -0.2) is 9.67 Å². The Morgan fingerprint density at radius 3 is 2.50 bits per heavy atom. The Morgan fingerprint density at radius 2 is 2.07 bits per heavy atom. The fourth-order valence-electron chi connectivity index (χ4n) is 1.36. The number of rotatable bonds is 4. The molecule has 0 aromatic carbocycles. The van der Waals surface area contributed by atoms with Gasteiger partial charge in [-0.3, -0.25) is 0 Å². The second-order valence-electron chi connectivity index (χ2n) is 3.15. The minimum atomic E-state index is -0.169. The monoisotopic (exact) mass is 192 g/mol. The van der Waals surface area contributed by atoms with Crippen molar-refractivity contribution in [3.8, 4) is 6.07 Å². The molecular formula is C10H16N4. The van der Waals surface area contributed by atoms with E-state index in [2.05, 4.69) is 16.2 Å². The fraction of sp³-hybridized carbons (Fsp3) is 0.700. The second-order valence-corrected chi connectivity index (χ2v) is 3.15. The summed E-state index contributed by atoms with van der Waals surface area (Å²) < 4.78 is 1.76. The maximum absolute atomic E-state index is 8.94. The first-order valence-electron chi connectivity index (χ1n) is 5.10. The van der Waals surface area contributed by atoms with Crippen LogP contribution in [0.3, 0.4) is 0 Å². The molecule has 1 aromatic rings. The van der Waals surface area contributed by atoms with E-state index in [-0.39, 0.29) is 6.04 Å². The van der Waals surface area contributed by atoms with Gasteiger partial charge in [0.25, 0.3) is 0 Å². The Kier molecular flexibility index (Phi) is 3.63. The lowest BCUT2D eigenvalue weighted by Crippen LogP contribution is -2.11. The number of hydrogen-bond donors (Lipinski definition) is 0. The standard InChI is InChI=1S/C10H16N4/c1-4-8(7-11)14-10(6-3)12-9(5-2)13-14/h8H,4-6H2,1-3H3. The minimum Gasteiger partial charge on any atom is -0.233 e. The van der Waals surface area contributed by atoms with Gasteiger partial charge in [-0.1, -0.05) is 20.8 Å². The SMILES string of the molecule is CCc1nc(CC)n(C(C#N)CC)n1. The molecule has 4 nitrogen and oxygen atoms in total. The molecule has 0 spiro atoms. The quantitative estimate of drug-likeness (QED) is 0.731. The Labute approximate surface area is 84.6 Å². The van der Waals surface area contributed by atoms with Crippen molar-refractivity contribution in [1.82, 2.24) is 14.8 Å². The molecule has 0 amide bonds. The average Bonchev–Trinajstić information content (AvgIpc) is 2.63. The predicted octanol–water partition coefficient (Wildman–Crippen LogP) is 1.88. The van der Waals surface area contributed by atoms with Crippen LogP contribution in [0.2, 0.25) is 0 Å². The molecule has 0 aliphatic carbocycles. The van der Waals surface area contributed by atoms with Crippen molar-refractivity contribution in [2.45, 2.75) is 46.1 Å². The minimum absolute atomic E-state index is 0.169. The van der Waals surface area contributed by atoms with E-state index < -0.39 is 0 Å². The van der Waals surface area contributed by atoms with E-state index in [0.29, 0.717) is 0 Å². The van der Waals surface area contributed by atoms with Crippen LogP contribution in [0, 0.1) is 11.3 Å². The van der Waals surface area contributed by atoms with Crippen LogP contribution in [0.15, 0.2) is 0 Å². The van der Waals surface area contributed by atoms with Gasteiger partial charge in [-0.05, 0) is 6.42 Å². The molecule has 1 unspecified atom stereocenters. The third-order valence-corrected chi connectivity index (χ3v) is 2.21. The van der Waals surface area contributed by atoms with Gasteiger partial charge in [-0.15, -0.1) is 0 Å². The maximum Gasteiger partial charge on any atom is 0.150 e. The van der Waals surface area contributed by atoms with Crippen LogP contribution in [-0.4, -0.2) is 14.8 Å². The van der Waals surface area contributed by atoms with E-state index in [9.17, 15) is 0 Å². The number of nitriles is 1. The third-order valence-electron chi connectivity index (χ3n) is 2.21. The Morgan fingerprint density at radius 1 is 1.36 bits per heavy atom. The summed E-state index contributed by atoms with van der Waals surface area (Å²) in [6, 6.07) is 2.07. The summed E-state index contributed by atoms with van der Waals surface area (Å²) in [7, 11) is 0. The molecule has 0 N–H and O–H groups in total. The molecule has 76 valence electrons. The molecule has 0 aliphatic heterocycles. The molecule has 0 radical (unpaired) electrons. The molecule has 1 aromatic heterocycles. The number of aryl methyl sites for hydroxylation is 2. The zero-order valence-electron chi connectivity index (χ0n) is 8.99. The van der Waals surface area contributed by atoms with E-state index in [4.69, 9.17) is 5.26 Å². The first-order chi connectivity index (χ1) is 6.76. The molecule has 0 saturated heterocycles. The van der Waals surface area contributed by atoms with E-state index in [1.807, 2.05) is 20.8 Å². The van der Waals surface area contributed by atoms with Crippen molar-refractivity contribution >= 4 is 0 Å². The summed E-state index contributed by atoms with van der Waals surface area (Å²) in [4.78, 5) is 4.36. The van der Waals surface area contributed by atoms with Gasteiger partial charge in [0, 0.05) is 12.8 Å². The van der Waals surface area contributed by atoms with Gasteiger partial charge in [0.2, 0.25) is 0 Å². The highest BCUT2D eigenvalue weighted by Gasteiger charge is 2.14. The molecule has 0 bridgehead atoms. The van der Waals surface area contributed by atoms with Crippen LogP contribution in [0.1, 0.15) is 44.9 Å². The zero-order chi connectivity index (χ0) is 10.6. The maximum atomic E-state index is 8.94. The molecule has 1 rings (SSSR count). The van der Waals surface area contributed by atoms with Gasteiger partial charge in [0.1, 0.15) is 11.9 Å².